The van der Waals surface area contributed by atoms with E-state index in [1.54, 1.807) is 30.5 Å². The molecule has 0 radical (unpaired) electrons. The Labute approximate surface area is 196 Å². The minimum atomic E-state index is -0.791. The first kappa shape index (κ1) is 22.2. The second kappa shape index (κ2) is 9.67. The zero-order valence-corrected chi connectivity index (χ0v) is 19.3. The van der Waals surface area contributed by atoms with Crippen molar-refractivity contribution in [2.24, 2.45) is 13.0 Å². The summed E-state index contributed by atoms with van der Waals surface area (Å²) in [5.41, 5.74) is 2.07. The van der Waals surface area contributed by atoms with Crippen molar-refractivity contribution in [2.75, 3.05) is 5.32 Å². The first-order valence-electron chi connectivity index (χ1n) is 10.5. The first-order chi connectivity index (χ1) is 16.0. The van der Waals surface area contributed by atoms with Gasteiger partial charge in [0, 0.05) is 25.0 Å². The molecule has 0 aliphatic rings. The Balaban J connectivity index is 1.65. The highest BCUT2D eigenvalue weighted by molar-refractivity contribution is 7.19. The van der Waals surface area contributed by atoms with E-state index < -0.39 is 6.10 Å². The van der Waals surface area contributed by atoms with Gasteiger partial charge >= 0.3 is 0 Å². The summed E-state index contributed by atoms with van der Waals surface area (Å²) in [6, 6.07) is 18.8. The van der Waals surface area contributed by atoms with Crippen LogP contribution in [0.2, 0.25) is 0 Å². The number of hydrogen-bond acceptors (Lipinski definition) is 6. The summed E-state index contributed by atoms with van der Waals surface area (Å²) in [4.78, 5) is 23.3. The number of rotatable bonds is 7. The first-order valence-corrected chi connectivity index (χ1v) is 11.3. The standard InChI is InChI=1S/C25H23N5O2S/c1-16(2)21(32-19-12-8-7-11-18(19)15-26)24(31)29-25-28-20(17-9-5-4-6-10-17)22(33-25)23-27-13-14-30(23)3/h4-14,16,21H,1-3H3,(H,28,29,31). The van der Waals surface area contributed by atoms with Crippen molar-refractivity contribution in [2.45, 2.75) is 20.0 Å². The third-order valence-electron chi connectivity index (χ3n) is 5.05. The third-order valence-corrected chi connectivity index (χ3v) is 6.02. The van der Waals surface area contributed by atoms with Crippen molar-refractivity contribution in [3.63, 3.8) is 0 Å². The number of para-hydroxylation sites is 1. The molecular weight excluding hydrogens is 434 g/mol. The molecule has 4 aromatic rings. The van der Waals surface area contributed by atoms with Gasteiger partial charge in [-0.1, -0.05) is 67.6 Å². The lowest BCUT2D eigenvalue weighted by molar-refractivity contribution is -0.124. The van der Waals surface area contributed by atoms with Crippen LogP contribution in [0.5, 0.6) is 5.75 Å². The number of anilines is 1. The van der Waals surface area contributed by atoms with E-state index in [2.05, 4.69) is 16.4 Å². The summed E-state index contributed by atoms with van der Waals surface area (Å²) in [5, 5.41) is 12.7. The van der Waals surface area contributed by atoms with E-state index in [-0.39, 0.29) is 11.8 Å². The van der Waals surface area contributed by atoms with E-state index in [0.29, 0.717) is 16.4 Å². The average molecular weight is 458 g/mol. The van der Waals surface area contributed by atoms with Crippen molar-refractivity contribution in [3.8, 4) is 33.8 Å². The van der Waals surface area contributed by atoms with Gasteiger partial charge in [-0.05, 0) is 18.1 Å². The molecule has 2 heterocycles. The summed E-state index contributed by atoms with van der Waals surface area (Å²) in [5.74, 6) is 0.704. The van der Waals surface area contributed by atoms with Crippen LogP contribution in [0, 0.1) is 17.2 Å². The quantitative estimate of drug-likeness (QED) is 0.416. The van der Waals surface area contributed by atoms with Crippen LogP contribution in [0.1, 0.15) is 19.4 Å². The van der Waals surface area contributed by atoms with Gasteiger partial charge in [0.2, 0.25) is 0 Å². The molecule has 1 amide bonds. The molecule has 1 N–H and O–H groups in total. The summed E-state index contributed by atoms with van der Waals surface area (Å²) >= 11 is 1.36. The van der Waals surface area contributed by atoms with Crippen LogP contribution < -0.4 is 10.1 Å². The number of benzene rings is 2. The molecule has 4 rings (SSSR count). The molecule has 0 saturated heterocycles. The molecule has 33 heavy (non-hydrogen) atoms. The molecule has 0 spiro atoms. The zero-order valence-electron chi connectivity index (χ0n) is 18.5. The average Bonchev–Trinajstić information content (AvgIpc) is 3.43. The summed E-state index contributed by atoms with van der Waals surface area (Å²) in [6.45, 7) is 3.80. The van der Waals surface area contributed by atoms with Gasteiger partial charge in [-0.25, -0.2) is 9.97 Å². The predicted octanol–water partition coefficient (Wildman–Crippen LogP) is 5.12. The fourth-order valence-corrected chi connectivity index (χ4v) is 4.40. The second-order valence-corrected chi connectivity index (χ2v) is 8.80. The van der Waals surface area contributed by atoms with Gasteiger partial charge in [0.05, 0.1) is 16.1 Å². The van der Waals surface area contributed by atoms with Crippen LogP contribution in [0.15, 0.2) is 67.0 Å². The lowest BCUT2D eigenvalue weighted by Crippen LogP contribution is -2.37. The van der Waals surface area contributed by atoms with Crippen molar-refractivity contribution >= 4 is 22.4 Å². The van der Waals surface area contributed by atoms with E-state index in [1.807, 2.05) is 62.0 Å². The number of thiazole rings is 1. The number of nitriles is 1. The molecule has 0 saturated carbocycles. The Morgan fingerprint density at radius 2 is 1.88 bits per heavy atom. The maximum absolute atomic E-state index is 13.2. The van der Waals surface area contributed by atoms with E-state index in [4.69, 9.17) is 9.72 Å². The largest absolute Gasteiger partial charge is 0.479 e. The molecule has 0 fully saturated rings. The van der Waals surface area contributed by atoms with Crippen LogP contribution in [0.25, 0.3) is 22.0 Å². The Bertz CT molecular complexity index is 1300. The molecule has 0 aliphatic carbocycles. The summed E-state index contributed by atoms with van der Waals surface area (Å²) < 4.78 is 7.89. The number of carbonyl (C=O) groups is 1. The van der Waals surface area contributed by atoms with E-state index in [1.165, 1.54) is 11.3 Å². The normalized spacial score (nSPS) is 11.7. The van der Waals surface area contributed by atoms with E-state index in [9.17, 15) is 10.1 Å². The minimum absolute atomic E-state index is 0.126. The number of aromatic nitrogens is 3. The van der Waals surface area contributed by atoms with Crippen molar-refractivity contribution in [3.05, 3.63) is 72.6 Å². The maximum atomic E-state index is 13.2. The molecule has 166 valence electrons. The van der Waals surface area contributed by atoms with Crippen LogP contribution in [0.4, 0.5) is 5.13 Å². The number of amides is 1. The van der Waals surface area contributed by atoms with Gasteiger partial charge in [-0.15, -0.1) is 0 Å². The lowest BCUT2D eigenvalue weighted by Gasteiger charge is -2.21. The Morgan fingerprint density at radius 3 is 2.55 bits per heavy atom. The highest BCUT2D eigenvalue weighted by atomic mass is 32.1. The van der Waals surface area contributed by atoms with Gasteiger partial charge in [0.25, 0.3) is 5.91 Å². The predicted molar refractivity (Wildman–Crippen MR) is 129 cm³/mol. The van der Waals surface area contributed by atoms with Crippen LogP contribution in [0.3, 0.4) is 0 Å². The number of ether oxygens (including phenoxy) is 1. The summed E-state index contributed by atoms with van der Waals surface area (Å²) in [6.07, 6.45) is 2.81. The van der Waals surface area contributed by atoms with Crippen molar-refractivity contribution < 1.29 is 9.53 Å². The van der Waals surface area contributed by atoms with Gasteiger partial charge in [-0.3, -0.25) is 10.1 Å². The molecule has 0 aliphatic heterocycles. The SMILES string of the molecule is CC(C)C(Oc1ccccc1C#N)C(=O)Nc1nc(-c2ccccc2)c(-c2nccn2C)s1. The summed E-state index contributed by atoms with van der Waals surface area (Å²) in [7, 11) is 1.92. The monoisotopic (exact) mass is 457 g/mol. The van der Waals surface area contributed by atoms with Crippen molar-refractivity contribution in [1.82, 2.24) is 14.5 Å². The number of imidazole rings is 1. The van der Waals surface area contributed by atoms with Gasteiger partial charge in [0.1, 0.15) is 11.8 Å². The Morgan fingerprint density at radius 1 is 1.15 bits per heavy atom. The molecule has 8 heteroatoms. The third kappa shape index (κ3) is 4.78. The highest BCUT2D eigenvalue weighted by Gasteiger charge is 2.27. The molecule has 1 unspecified atom stereocenters. The smallest absolute Gasteiger partial charge is 0.267 e. The second-order valence-electron chi connectivity index (χ2n) is 7.80. The highest BCUT2D eigenvalue weighted by Crippen LogP contribution is 2.38. The van der Waals surface area contributed by atoms with Crippen LogP contribution in [-0.2, 0) is 11.8 Å². The molecule has 2 aromatic heterocycles. The minimum Gasteiger partial charge on any atom is -0.479 e. The fourth-order valence-electron chi connectivity index (χ4n) is 3.37. The van der Waals surface area contributed by atoms with Gasteiger partial charge in [0.15, 0.2) is 17.1 Å². The number of carbonyl (C=O) groups excluding carboxylic acids is 1. The zero-order chi connectivity index (χ0) is 23.4. The van der Waals surface area contributed by atoms with Gasteiger partial charge in [-0.2, -0.15) is 5.26 Å². The molecule has 0 bridgehead atoms. The molecule has 2 aromatic carbocycles. The number of hydrogen-bond donors (Lipinski definition) is 1. The van der Waals surface area contributed by atoms with Crippen LogP contribution in [-0.4, -0.2) is 26.5 Å². The fraction of sp³-hybridized carbons (Fsp3) is 0.200. The molecule has 7 nitrogen and oxygen atoms in total. The van der Waals surface area contributed by atoms with Crippen molar-refractivity contribution in [1.29, 1.82) is 5.26 Å². The Kier molecular flexibility index (Phi) is 6.52. The van der Waals surface area contributed by atoms with Gasteiger partial charge < -0.3 is 9.30 Å². The van der Waals surface area contributed by atoms with E-state index >= 15 is 0 Å². The lowest BCUT2D eigenvalue weighted by atomic mass is 10.1. The van der Waals surface area contributed by atoms with Crippen LogP contribution >= 0.6 is 11.3 Å². The van der Waals surface area contributed by atoms with E-state index in [0.717, 1.165) is 22.0 Å². The topological polar surface area (TPSA) is 92.8 Å². The number of aryl methyl sites for hydroxylation is 1. The molecular formula is C25H23N5O2S. The molecule has 1 atom stereocenters. The number of nitrogens with one attached hydrogen (secondary N) is 1. The Hall–Kier alpha value is -3.96. The number of nitrogens with zero attached hydrogens (tertiary/aromatic N) is 4. The maximum Gasteiger partial charge on any atom is 0.267 e.